The van der Waals surface area contributed by atoms with Crippen molar-refractivity contribution in [2.45, 2.75) is 32.5 Å². The Bertz CT molecular complexity index is 1320. The molecule has 3 aromatic rings. The Kier molecular flexibility index (Phi) is 12.1. The average molecular weight is 586 g/mol. The van der Waals surface area contributed by atoms with Crippen molar-refractivity contribution in [1.29, 1.82) is 0 Å². The molecule has 8 nitrogen and oxygen atoms in total. The predicted molar refractivity (Wildman–Crippen MR) is 157 cm³/mol. The molecule has 0 aliphatic carbocycles. The van der Waals surface area contributed by atoms with E-state index in [-0.39, 0.29) is 19.0 Å². The minimum Gasteiger partial charge on any atom is -0.382 e. The molecule has 0 saturated carbocycles. The fourth-order valence-corrected chi connectivity index (χ4v) is 5.02. The molecule has 2 amide bonds. The molecule has 0 fully saturated rings. The third-order valence-electron chi connectivity index (χ3n) is 6.21. The molecule has 0 unspecified atom stereocenters. The molecule has 0 radical (unpaired) electrons. The Balaban J connectivity index is 1.96. The number of ether oxygens (including phenoxy) is 1. The lowest BCUT2D eigenvalue weighted by atomic mass is 10.0. The van der Waals surface area contributed by atoms with Gasteiger partial charge in [0.1, 0.15) is 6.04 Å². The standard InChI is InChI=1S/C30H36ClN3O5S/c1-3-39-20-10-19-32-30(36)29(26-13-8-5-9-14-26)34(22-25-15-17-27(31)18-16-25)28(35)23-33(40(2,37)38)21-24-11-6-4-7-12-24/h4-9,11-18,29H,3,10,19-23H2,1-2H3,(H,32,36)/t29-/m0/s1. The molecule has 0 bridgehead atoms. The first-order chi connectivity index (χ1) is 19.2. The summed E-state index contributed by atoms with van der Waals surface area (Å²) in [5.74, 6) is -0.867. The van der Waals surface area contributed by atoms with Gasteiger partial charge < -0.3 is 15.0 Å². The molecular weight excluding hydrogens is 550 g/mol. The van der Waals surface area contributed by atoms with Gasteiger partial charge in [0.25, 0.3) is 0 Å². The van der Waals surface area contributed by atoms with Crippen molar-refractivity contribution in [2.75, 3.05) is 32.6 Å². The number of carbonyl (C=O) groups is 2. The zero-order chi connectivity index (χ0) is 29.0. The lowest BCUT2D eigenvalue weighted by molar-refractivity contribution is -0.141. The van der Waals surface area contributed by atoms with Crippen LogP contribution in [0.4, 0.5) is 0 Å². The topological polar surface area (TPSA) is 96.0 Å². The molecule has 214 valence electrons. The Morgan fingerprint density at radius 2 is 1.50 bits per heavy atom. The summed E-state index contributed by atoms with van der Waals surface area (Å²) in [7, 11) is -3.75. The van der Waals surface area contributed by atoms with E-state index in [4.69, 9.17) is 16.3 Å². The van der Waals surface area contributed by atoms with Crippen LogP contribution >= 0.6 is 11.6 Å². The highest BCUT2D eigenvalue weighted by atomic mass is 35.5. The Morgan fingerprint density at radius 1 is 0.900 bits per heavy atom. The van der Waals surface area contributed by atoms with Crippen LogP contribution in [0.1, 0.15) is 36.1 Å². The maximum atomic E-state index is 14.0. The minimum atomic E-state index is -3.75. The zero-order valence-electron chi connectivity index (χ0n) is 22.8. The van der Waals surface area contributed by atoms with Gasteiger partial charge in [-0.3, -0.25) is 9.59 Å². The number of nitrogens with zero attached hydrogens (tertiary/aromatic N) is 2. The van der Waals surface area contributed by atoms with Gasteiger partial charge in [0.15, 0.2) is 0 Å². The normalized spacial score (nSPS) is 12.2. The van der Waals surface area contributed by atoms with E-state index in [9.17, 15) is 18.0 Å². The minimum absolute atomic E-state index is 0.0276. The lowest BCUT2D eigenvalue weighted by Crippen LogP contribution is -2.48. The molecular formula is C30H36ClN3O5S. The van der Waals surface area contributed by atoms with E-state index < -0.39 is 28.5 Å². The van der Waals surface area contributed by atoms with E-state index in [0.29, 0.717) is 36.8 Å². The van der Waals surface area contributed by atoms with Crippen LogP contribution in [-0.2, 0) is 37.4 Å². The van der Waals surface area contributed by atoms with Gasteiger partial charge in [-0.15, -0.1) is 0 Å². The SMILES string of the molecule is CCOCCCNC(=O)[C@H](c1ccccc1)N(Cc1ccc(Cl)cc1)C(=O)CN(Cc1ccccc1)S(C)(=O)=O. The summed E-state index contributed by atoms with van der Waals surface area (Å²) < 4.78 is 32.0. The first-order valence-corrected chi connectivity index (χ1v) is 15.3. The molecule has 3 rings (SSSR count). The summed E-state index contributed by atoms with van der Waals surface area (Å²) in [5.41, 5.74) is 2.11. The van der Waals surface area contributed by atoms with Crippen LogP contribution in [0.5, 0.6) is 0 Å². The van der Waals surface area contributed by atoms with E-state index in [1.165, 1.54) is 4.90 Å². The van der Waals surface area contributed by atoms with Crippen LogP contribution < -0.4 is 5.32 Å². The van der Waals surface area contributed by atoms with Gasteiger partial charge in [0.05, 0.1) is 12.8 Å². The molecule has 0 aliphatic rings. The predicted octanol–water partition coefficient (Wildman–Crippen LogP) is 4.41. The molecule has 1 N–H and O–H groups in total. The summed E-state index contributed by atoms with van der Waals surface area (Å²) in [6.45, 7) is 3.04. The van der Waals surface area contributed by atoms with E-state index in [2.05, 4.69) is 5.32 Å². The van der Waals surface area contributed by atoms with E-state index in [1.807, 2.05) is 31.2 Å². The number of hydrogen-bond acceptors (Lipinski definition) is 5. The van der Waals surface area contributed by atoms with Crippen LogP contribution in [0.15, 0.2) is 84.9 Å². The third-order valence-corrected chi connectivity index (χ3v) is 7.66. The molecule has 40 heavy (non-hydrogen) atoms. The summed E-state index contributed by atoms with van der Waals surface area (Å²) in [6, 6.07) is 24.1. The zero-order valence-corrected chi connectivity index (χ0v) is 24.4. The second-order valence-corrected chi connectivity index (χ2v) is 11.7. The second kappa shape index (κ2) is 15.5. The van der Waals surface area contributed by atoms with Crippen molar-refractivity contribution in [3.8, 4) is 0 Å². The quantitative estimate of drug-likeness (QED) is 0.267. The maximum absolute atomic E-state index is 14.0. The molecule has 1 atom stereocenters. The van der Waals surface area contributed by atoms with Gasteiger partial charge in [-0.05, 0) is 42.2 Å². The van der Waals surface area contributed by atoms with Gasteiger partial charge in [-0.2, -0.15) is 4.31 Å². The molecule has 3 aromatic carbocycles. The van der Waals surface area contributed by atoms with Crippen LogP contribution in [-0.4, -0.2) is 62.0 Å². The van der Waals surface area contributed by atoms with Gasteiger partial charge in [0, 0.05) is 37.9 Å². The number of carbonyl (C=O) groups excluding carboxylic acids is 2. The van der Waals surface area contributed by atoms with Gasteiger partial charge >= 0.3 is 0 Å². The Hall–Kier alpha value is -3.24. The number of hydrogen-bond donors (Lipinski definition) is 1. The lowest BCUT2D eigenvalue weighted by Gasteiger charge is -2.33. The van der Waals surface area contributed by atoms with Crippen LogP contribution in [0, 0.1) is 0 Å². The third kappa shape index (κ3) is 9.75. The largest absolute Gasteiger partial charge is 0.382 e. The second-order valence-electron chi connectivity index (χ2n) is 9.32. The van der Waals surface area contributed by atoms with E-state index in [0.717, 1.165) is 21.7 Å². The van der Waals surface area contributed by atoms with Gasteiger partial charge in [-0.1, -0.05) is 84.4 Å². The van der Waals surface area contributed by atoms with Crippen LogP contribution in [0.2, 0.25) is 5.02 Å². The van der Waals surface area contributed by atoms with Crippen molar-refractivity contribution in [1.82, 2.24) is 14.5 Å². The molecule has 10 heteroatoms. The first-order valence-electron chi connectivity index (χ1n) is 13.1. The maximum Gasteiger partial charge on any atom is 0.247 e. The number of nitrogens with one attached hydrogen (secondary N) is 1. The number of amides is 2. The van der Waals surface area contributed by atoms with Gasteiger partial charge in [-0.25, -0.2) is 8.42 Å². The molecule has 0 aliphatic heterocycles. The Labute approximate surface area is 241 Å². The summed E-state index contributed by atoms with van der Waals surface area (Å²) in [4.78, 5) is 29.1. The van der Waals surface area contributed by atoms with E-state index in [1.54, 1.807) is 60.7 Å². The fraction of sp³-hybridized carbons (Fsp3) is 0.333. The Morgan fingerprint density at radius 3 is 2.10 bits per heavy atom. The van der Waals surface area contributed by atoms with Crippen molar-refractivity contribution in [3.63, 3.8) is 0 Å². The van der Waals surface area contributed by atoms with Crippen molar-refractivity contribution >= 4 is 33.4 Å². The molecule has 0 spiro atoms. The highest BCUT2D eigenvalue weighted by Crippen LogP contribution is 2.25. The van der Waals surface area contributed by atoms with Crippen molar-refractivity contribution in [3.05, 3.63) is 107 Å². The number of rotatable bonds is 15. The number of halogens is 1. The number of sulfonamides is 1. The smallest absolute Gasteiger partial charge is 0.247 e. The first kappa shape index (κ1) is 31.3. The molecule has 0 aromatic heterocycles. The van der Waals surface area contributed by atoms with Crippen molar-refractivity contribution in [2.24, 2.45) is 0 Å². The highest BCUT2D eigenvalue weighted by molar-refractivity contribution is 7.88. The summed E-state index contributed by atoms with van der Waals surface area (Å²) >= 11 is 6.08. The van der Waals surface area contributed by atoms with Gasteiger partial charge in [0.2, 0.25) is 21.8 Å². The highest BCUT2D eigenvalue weighted by Gasteiger charge is 2.33. The van der Waals surface area contributed by atoms with Crippen molar-refractivity contribution < 1.29 is 22.7 Å². The molecule has 0 heterocycles. The summed E-state index contributed by atoms with van der Waals surface area (Å²) in [5, 5.41) is 3.47. The van der Waals surface area contributed by atoms with Crippen LogP contribution in [0.25, 0.3) is 0 Å². The average Bonchev–Trinajstić information content (AvgIpc) is 2.94. The van der Waals surface area contributed by atoms with Crippen LogP contribution in [0.3, 0.4) is 0 Å². The summed E-state index contributed by atoms with van der Waals surface area (Å²) in [6.07, 6.45) is 1.69. The molecule has 0 saturated heterocycles. The number of benzene rings is 3. The monoisotopic (exact) mass is 585 g/mol. The fourth-order valence-electron chi connectivity index (χ4n) is 4.16. The van der Waals surface area contributed by atoms with E-state index >= 15 is 0 Å².